The molecule has 1 aromatic rings. The van der Waals surface area contributed by atoms with E-state index in [0.29, 0.717) is 31.6 Å². The summed E-state index contributed by atoms with van der Waals surface area (Å²) in [7, 11) is 0. The Bertz CT molecular complexity index is 680. The van der Waals surface area contributed by atoms with Crippen molar-refractivity contribution in [1.29, 1.82) is 0 Å². The van der Waals surface area contributed by atoms with Gasteiger partial charge in [-0.05, 0) is 33.6 Å². The zero-order chi connectivity index (χ0) is 17.3. The van der Waals surface area contributed by atoms with Crippen molar-refractivity contribution in [2.45, 2.75) is 52.5 Å². The van der Waals surface area contributed by atoms with Gasteiger partial charge in [-0.2, -0.15) is 10.2 Å². The second-order valence-corrected chi connectivity index (χ2v) is 6.35. The van der Waals surface area contributed by atoms with E-state index in [-0.39, 0.29) is 17.9 Å². The van der Waals surface area contributed by atoms with Gasteiger partial charge in [0.1, 0.15) is 17.4 Å². The highest BCUT2D eigenvalue weighted by Gasteiger charge is 2.31. The summed E-state index contributed by atoms with van der Waals surface area (Å²) in [6.07, 6.45) is 2.70. The molecule has 1 saturated heterocycles. The fraction of sp³-hybridized carbons (Fsp3) is 0.688. The third-order valence-electron chi connectivity index (χ3n) is 4.59. The summed E-state index contributed by atoms with van der Waals surface area (Å²) < 4.78 is 1.93. The monoisotopic (exact) mass is 332 g/mol. The van der Waals surface area contributed by atoms with E-state index >= 15 is 0 Å². The summed E-state index contributed by atoms with van der Waals surface area (Å²) in [6, 6.07) is 0.150. The molecule has 0 saturated carbocycles. The van der Waals surface area contributed by atoms with Gasteiger partial charge in [-0.3, -0.25) is 9.59 Å². The van der Waals surface area contributed by atoms with Crippen LogP contribution in [0, 0.1) is 13.8 Å². The fourth-order valence-electron chi connectivity index (χ4n) is 3.41. The van der Waals surface area contributed by atoms with E-state index in [1.165, 1.54) is 5.01 Å². The van der Waals surface area contributed by atoms with Crippen LogP contribution in [0.4, 0.5) is 0 Å². The molecular weight excluding hydrogens is 308 g/mol. The Kier molecular flexibility index (Phi) is 4.64. The first-order valence-electron chi connectivity index (χ1n) is 8.56. The van der Waals surface area contributed by atoms with Gasteiger partial charge in [0.2, 0.25) is 5.91 Å². The lowest BCUT2D eigenvalue weighted by Gasteiger charge is -2.34. The van der Waals surface area contributed by atoms with Crippen LogP contribution in [0.15, 0.2) is 5.10 Å². The highest BCUT2D eigenvalue weighted by molar-refractivity contribution is 6.39. The molecule has 0 bridgehead atoms. The maximum Gasteiger partial charge on any atom is 0.270 e. The molecule has 2 aliphatic heterocycles. The van der Waals surface area contributed by atoms with Crippen LogP contribution in [0.25, 0.3) is 0 Å². The Morgan fingerprint density at radius 2 is 2.08 bits per heavy atom. The van der Waals surface area contributed by atoms with Crippen LogP contribution in [0.2, 0.25) is 0 Å². The molecule has 24 heavy (non-hydrogen) atoms. The van der Waals surface area contributed by atoms with Crippen LogP contribution >= 0.6 is 0 Å². The molecule has 8 nitrogen and oxygen atoms in total. The number of aryl methyl sites for hydroxylation is 2. The lowest BCUT2D eigenvalue weighted by Crippen LogP contribution is -2.46. The lowest BCUT2D eigenvalue weighted by molar-refractivity contribution is -0.132. The molecule has 0 spiro atoms. The molecule has 1 aromatic heterocycles. The first-order valence-corrected chi connectivity index (χ1v) is 8.56. The van der Waals surface area contributed by atoms with Gasteiger partial charge < -0.3 is 4.90 Å². The van der Waals surface area contributed by atoms with Gasteiger partial charge in [0.15, 0.2) is 0 Å². The first kappa shape index (κ1) is 16.6. The molecule has 0 aliphatic carbocycles. The predicted octanol–water partition coefficient (Wildman–Crippen LogP) is 1.06. The van der Waals surface area contributed by atoms with Crippen molar-refractivity contribution in [1.82, 2.24) is 24.7 Å². The average molecular weight is 332 g/mol. The van der Waals surface area contributed by atoms with Crippen LogP contribution in [-0.2, 0) is 9.59 Å². The molecule has 2 aliphatic rings. The third-order valence-corrected chi connectivity index (χ3v) is 4.59. The van der Waals surface area contributed by atoms with E-state index in [9.17, 15) is 9.59 Å². The second-order valence-electron chi connectivity index (χ2n) is 6.35. The summed E-state index contributed by atoms with van der Waals surface area (Å²) in [5, 5.41) is 10.1. The van der Waals surface area contributed by atoms with Crippen molar-refractivity contribution in [3.05, 3.63) is 11.6 Å². The zero-order valence-corrected chi connectivity index (χ0v) is 14.5. The number of nitrogens with zero attached hydrogens (tertiary/aromatic N) is 6. The summed E-state index contributed by atoms with van der Waals surface area (Å²) in [5.74, 6) is 1.56. The van der Waals surface area contributed by atoms with Gasteiger partial charge in [-0.25, -0.2) is 14.7 Å². The topological polar surface area (TPSA) is 83.7 Å². The van der Waals surface area contributed by atoms with Crippen LogP contribution in [0.5, 0.6) is 0 Å². The molecule has 8 heteroatoms. The van der Waals surface area contributed by atoms with Crippen LogP contribution in [0.3, 0.4) is 0 Å². The molecule has 0 N–H and O–H groups in total. The van der Waals surface area contributed by atoms with Gasteiger partial charge in [-0.1, -0.05) is 0 Å². The van der Waals surface area contributed by atoms with Crippen molar-refractivity contribution in [3.63, 3.8) is 0 Å². The number of rotatable bonds is 3. The van der Waals surface area contributed by atoms with Gasteiger partial charge in [0.05, 0.1) is 6.04 Å². The fourth-order valence-corrected chi connectivity index (χ4v) is 3.41. The third kappa shape index (κ3) is 3.18. The van der Waals surface area contributed by atoms with E-state index in [1.807, 2.05) is 30.4 Å². The number of piperidine rings is 1. The van der Waals surface area contributed by atoms with Crippen LogP contribution < -0.4 is 0 Å². The van der Waals surface area contributed by atoms with Crippen molar-refractivity contribution >= 4 is 17.5 Å². The number of carbonyl (C=O) groups excluding carboxylic acids is 2. The van der Waals surface area contributed by atoms with Crippen LogP contribution in [-0.4, -0.2) is 61.8 Å². The molecule has 1 fully saturated rings. The van der Waals surface area contributed by atoms with Crippen molar-refractivity contribution < 1.29 is 9.59 Å². The molecule has 3 rings (SSSR count). The predicted molar refractivity (Wildman–Crippen MR) is 88.4 cm³/mol. The Morgan fingerprint density at radius 3 is 2.75 bits per heavy atom. The minimum atomic E-state index is -0.0554. The number of aromatic nitrogens is 3. The molecular formula is C16H24N6O2. The van der Waals surface area contributed by atoms with Crippen LogP contribution in [0.1, 0.15) is 50.3 Å². The van der Waals surface area contributed by atoms with Gasteiger partial charge in [0.25, 0.3) is 5.91 Å². The van der Waals surface area contributed by atoms with E-state index < -0.39 is 0 Å². The number of amides is 2. The average Bonchev–Trinajstić information content (AvgIpc) is 2.93. The highest BCUT2D eigenvalue weighted by atomic mass is 16.2. The van der Waals surface area contributed by atoms with E-state index in [0.717, 1.165) is 31.0 Å². The quantitative estimate of drug-likeness (QED) is 0.828. The Hall–Kier alpha value is -2.25. The first-order chi connectivity index (χ1) is 11.5. The van der Waals surface area contributed by atoms with Crippen molar-refractivity contribution in [3.8, 4) is 0 Å². The number of likely N-dealkylation sites (tertiary alicyclic amines) is 1. The molecule has 130 valence electrons. The molecule has 0 unspecified atom stereocenters. The minimum Gasteiger partial charge on any atom is -0.335 e. The lowest BCUT2D eigenvalue weighted by atomic mass is 10.0. The molecule has 0 aromatic carbocycles. The summed E-state index contributed by atoms with van der Waals surface area (Å²) >= 11 is 0. The maximum atomic E-state index is 12.8. The number of carbonyl (C=O) groups is 2. The molecule has 2 amide bonds. The van der Waals surface area contributed by atoms with Crippen molar-refractivity contribution in [2.75, 3.05) is 19.6 Å². The smallest absolute Gasteiger partial charge is 0.270 e. The largest absolute Gasteiger partial charge is 0.335 e. The van der Waals surface area contributed by atoms with E-state index in [4.69, 9.17) is 0 Å². The van der Waals surface area contributed by atoms with Gasteiger partial charge in [-0.15, -0.1) is 0 Å². The van der Waals surface area contributed by atoms with Crippen molar-refractivity contribution in [2.24, 2.45) is 5.10 Å². The van der Waals surface area contributed by atoms with E-state index in [2.05, 4.69) is 15.2 Å². The standard InChI is InChI=1S/C16H24N6O2/c1-4-21-15(23)8-7-14(19-21)16(24)20-9-5-6-13(10-20)22-12(3)17-11(2)18-22/h13H,4-10H2,1-3H3/t13-/m0/s1. The number of hydrogen-bond donors (Lipinski definition) is 0. The van der Waals surface area contributed by atoms with E-state index in [1.54, 1.807) is 0 Å². The zero-order valence-electron chi connectivity index (χ0n) is 14.5. The minimum absolute atomic E-state index is 0.0145. The number of hydrogen-bond acceptors (Lipinski definition) is 5. The molecule has 3 heterocycles. The summed E-state index contributed by atoms with van der Waals surface area (Å²) in [5.41, 5.74) is 0.489. The normalized spacial score (nSPS) is 21.9. The maximum absolute atomic E-state index is 12.8. The highest BCUT2D eigenvalue weighted by Crippen LogP contribution is 2.23. The molecule has 0 radical (unpaired) electrons. The van der Waals surface area contributed by atoms with Gasteiger partial charge in [0, 0.05) is 32.5 Å². The SMILES string of the molecule is CCN1N=C(C(=O)N2CCC[C@H](n3nc(C)nc3C)C2)CCC1=O. The summed E-state index contributed by atoms with van der Waals surface area (Å²) in [6.45, 7) is 7.51. The molecule has 1 atom stereocenters. The Morgan fingerprint density at radius 1 is 1.29 bits per heavy atom. The Balaban J connectivity index is 1.74. The summed E-state index contributed by atoms with van der Waals surface area (Å²) in [4.78, 5) is 30.7. The van der Waals surface area contributed by atoms with Gasteiger partial charge >= 0.3 is 0 Å². The Labute approximate surface area is 141 Å². The number of hydrazone groups is 1. The second kappa shape index (κ2) is 6.70.